The predicted molar refractivity (Wildman–Crippen MR) is 103 cm³/mol. The molecule has 2 aromatic carbocycles. The van der Waals surface area contributed by atoms with Crippen molar-refractivity contribution in [2.45, 2.75) is 44.0 Å². The molecular formula is C20H24N2O3S. The molecule has 3 rings (SSSR count). The molecule has 1 aliphatic rings. The van der Waals surface area contributed by atoms with E-state index in [1.807, 2.05) is 38.1 Å². The molecule has 0 saturated heterocycles. The minimum absolute atomic E-state index is 0.101. The molecule has 5 nitrogen and oxygen atoms in total. The molecule has 138 valence electrons. The smallest absolute Gasteiger partial charge is 0.258 e. The number of fused-ring (bicyclic) bond motifs is 1. The Hall–Kier alpha value is -2.18. The number of para-hydroxylation sites is 1. The summed E-state index contributed by atoms with van der Waals surface area (Å²) in [5.41, 5.74) is 2.60. The monoisotopic (exact) mass is 372 g/mol. The first-order valence-electron chi connectivity index (χ1n) is 8.94. The SMILES string of the molecule is CCC(C)NS(=O)(=O)c1ccc(C(=O)N2CCCc3ccccc32)cc1. The van der Waals surface area contributed by atoms with Crippen molar-refractivity contribution in [2.75, 3.05) is 11.4 Å². The number of anilines is 1. The highest BCUT2D eigenvalue weighted by Crippen LogP contribution is 2.28. The molecule has 0 saturated carbocycles. The third kappa shape index (κ3) is 3.81. The molecule has 2 aromatic rings. The van der Waals surface area contributed by atoms with Gasteiger partial charge >= 0.3 is 0 Å². The average molecular weight is 372 g/mol. The lowest BCUT2D eigenvalue weighted by molar-refractivity contribution is 0.0985. The molecule has 0 fully saturated rings. The Kier molecular flexibility index (Phi) is 5.44. The maximum absolute atomic E-state index is 12.9. The summed E-state index contributed by atoms with van der Waals surface area (Å²) in [5.74, 6) is -0.101. The van der Waals surface area contributed by atoms with Gasteiger partial charge in [0.2, 0.25) is 10.0 Å². The Morgan fingerprint density at radius 2 is 1.85 bits per heavy atom. The number of amides is 1. The van der Waals surface area contributed by atoms with Gasteiger partial charge in [0, 0.05) is 23.8 Å². The molecule has 1 unspecified atom stereocenters. The van der Waals surface area contributed by atoms with Crippen molar-refractivity contribution in [3.63, 3.8) is 0 Å². The fourth-order valence-electron chi connectivity index (χ4n) is 3.09. The lowest BCUT2D eigenvalue weighted by Gasteiger charge is -2.29. The summed E-state index contributed by atoms with van der Waals surface area (Å²) in [5, 5.41) is 0. The van der Waals surface area contributed by atoms with Crippen LogP contribution in [-0.2, 0) is 16.4 Å². The number of rotatable bonds is 5. The van der Waals surface area contributed by atoms with E-state index in [4.69, 9.17) is 0 Å². The maximum Gasteiger partial charge on any atom is 0.258 e. The van der Waals surface area contributed by atoms with Crippen molar-refractivity contribution in [2.24, 2.45) is 0 Å². The van der Waals surface area contributed by atoms with Crippen LogP contribution in [0.5, 0.6) is 0 Å². The molecule has 0 radical (unpaired) electrons. The van der Waals surface area contributed by atoms with Gasteiger partial charge in [-0.25, -0.2) is 13.1 Å². The summed E-state index contributed by atoms with van der Waals surface area (Å²) in [6, 6.07) is 14.0. The van der Waals surface area contributed by atoms with Gasteiger partial charge in [-0.05, 0) is 62.1 Å². The summed E-state index contributed by atoms with van der Waals surface area (Å²) in [6.45, 7) is 4.42. The molecule has 1 aliphatic heterocycles. The molecule has 1 N–H and O–H groups in total. The molecular weight excluding hydrogens is 348 g/mol. The third-order valence-corrected chi connectivity index (χ3v) is 6.34. The third-order valence-electron chi connectivity index (χ3n) is 4.74. The number of sulfonamides is 1. The van der Waals surface area contributed by atoms with Crippen molar-refractivity contribution in [1.29, 1.82) is 0 Å². The number of carbonyl (C=O) groups is 1. The van der Waals surface area contributed by atoms with Crippen LogP contribution in [0.2, 0.25) is 0 Å². The van der Waals surface area contributed by atoms with Gasteiger partial charge in [-0.2, -0.15) is 0 Å². The molecule has 1 atom stereocenters. The van der Waals surface area contributed by atoms with Crippen LogP contribution in [0.1, 0.15) is 42.6 Å². The van der Waals surface area contributed by atoms with Crippen LogP contribution in [0.4, 0.5) is 5.69 Å². The Balaban J connectivity index is 1.82. The van der Waals surface area contributed by atoms with Gasteiger partial charge in [0.25, 0.3) is 5.91 Å². The summed E-state index contributed by atoms with van der Waals surface area (Å²) >= 11 is 0. The highest BCUT2D eigenvalue weighted by Gasteiger charge is 2.24. The quantitative estimate of drug-likeness (QED) is 0.875. The fraction of sp³-hybridized carbons (Fsp3) is 0.350. The lowest BCUT2D eigenvalue weighted by Crippen LogP contribution is -2.35. The largest absolute Gasteiger partial charge is 0.308 e. The van der Waals surface area contributed by atoms with Gasteiger partial charge in [0.15, 0.2) is 0 Å². The number of hydrogen-bond donors (Lipinski definition) is 1. The molecule has 1 heterocycles. The second-order valence-corrected chi connectivity index (χ2v) is 8.36. The molecule has 0 spiro atoms. The van der Waals surface area contributed by atoms with E-state index in [-0.39, 0.29) is 16.8 Å². The van der Waals surface area contributed by atoms with E-state index in [0.717, 1.165) is 18.5 Å². The predicted octanol–water partition coefficient (Wildman–Crippen LogP) is 3.36. The molecule has 0 aliphatic carbocycles. The van der Waals surface area contributed by atoms with E-state index in [2.05, 4.69) is 4.72 Å². The van der Waals surface area contributed by atoms with E-state index >= 15 is 0 Å². The van der Waals surface area contributed by atoms with Crippen LogP contribution >= 0.6 is 0 Å². The average Bonchev–Trinajstić information content (AvgIpc) is 2.66. The first-order chi connectivity index (χ1) is 12.4. The number of aryl methyl sites for hydroxylation is 1. The Bertz CT molecular complexity index is 892. The second-order valence-electron chi connectivity index (χ2n) is 6.64. The van der Waals surface area contributed by atoms with Gasteiger partial charge < -0.3 is 4.90 Å². The van der Waals surface area contributed by atoms with Crippen LogP contribution in [0.15, 0.2) is 53.4 Å². The molecule has 26 heavy (non-hydrogen) atoms. The number of hydrogen-bond acceptors (Lipinski definition) is 3. The molecule has 0 aromatic heterocycles. The van der Waals surface area contributed by atoms with Crippen molar-refractivity contribution >= 4 is 21.6 Å². The van der Waals surface area contributed by atoms with E-state index in [9.17, 15) is 13.2 Å². The van der Waals surface area contributed by atoms with Crippen molar-refractivity contribution < 1.29 is 13.2 Å². The minimum atomic E-state index is -3.56. The summed E-state index contributed by atoms with van der Waals surface area (Å²) in [4.78, 5) is 14.9. The standard InChI is InChI=1S/C20H24N2O3S/c1-3-15(2)21-26(24,25)18-12-10-17(11-13-18)20(23)22-14-6-8-16-7-4-5-9-19(16)22/h4-5,7,9-13,15,21H,3,6,8,14H2,1-2H3. The van der Waals surface area contributed by atoms with Crippen LogP contribution < -0.4 is 9.62 Å². The number of benzene rings is 2. The van der Waals surface area contributed by atoms with Crippen LogP contribution in [0.3, 0.4) is 0 Å². The Morgan fingerprint density at radius 3 is 2.54 bits per heavy atom. The van der Waals surface area contributed by atoms with E-state index in [1.54, 1.807) is 17.0 Å². The number of nitrogens with one attached hydrogen (secondary N) is 1. The van der Waals surface area contributed by atoms with Gasteiger partial charge in [0.1, 0.15) is 0 Å². The zero-order valence-electron chi connectivity index (χ0n) is 15.1. The number of carbonyl (C=O) groups excluding carboxylic acids is 1. The highest BCUT2D eigenvalue weighted by molar-refractivity contribution is 7.89. The normalized spacial score (nSPS) is 15.4. The van der Waals surface area contributed by atoms with Crippen LogP contribution in [-0.4, -0.2) is 26.9 Å². The maximum atomic E-state index is 12.9. The van der Waals surface area contributed by atoms with Gasteiger partial charge in [0.05, 0.1) is 4.90 Å². The minimum Gasteiger partial charge on any atom is -0.308 e. The van der Waals surface area contributed by atoms with Crippen LogP contribution in [0.25, 0.3) is 0 Å². The molecule has 0 bridgehead atoms. The summed E-state index contributed by atoms with van der Waals surface area (Å²) in [6.07, 6.45) is 2.61. The zero-order valence-corrected chi connectivity index (χ0v) is 15.9. The van der Waals surface area contributed by atoms with Gasteiger partial charge in [-0.3, -0.25) is 4.79 Å². The van der Waals surface area contributed by atoms with Gasteiger partial charge in [-0.15, -0.1) is 0 Å². The van der Waals surface area contributed by atoms with E-state index in [0.29, 0.717) is 18.5 Å². The second kappa shape index (κ2) is 7.60. The van der Waals surface area contributed by atoms with Gasteiger partial charge in [-0.1, -0.05) is 25.1 Å². The van der Waals surface area contributed by atoms with E-state index < -0.39 is 10.0 Å². The van der Waals surface area contributed by atoms with E-state index in [1.165, 1.54) is 17.7 Å². The van der Waals surface area contributed by atoms with Crippen molar-refractivity contribution in [3.05, 3.63) is 59.7 Å². The Labute approximate surface area is 155 Å². The number of nitrogens with zero attached hydrogens (tertiary/aromatic N) is 1. The summed E-state index contributed by atoms with van der Waals surface area (Å²) in [7, 11) is -3.56. The Morgan fingerprint density at radius 1 is 1.15 bits per heavy atom. The highest BCUT2D eigenvalue weighted by atomic mass is 32.2. The summed E-state index contributed by atoms with van der Waals surface area (Å²) < 4.78 is 27.3. The zero-order chi connectivity index (χ0) is 18.7. The van der Waals surface area contributed by atoms with Crippen LogP contribution in [0, 0.1) is 0 Å². The topological polar surface area (TPSA) is 66.5 Å². The lowest BCUT2D eigenvalue weighted by atomic mass is 10.0. The first kappa shape index (κ1) is 18.6. The first-order valence-corrected chi connectivity index (χ1v) is 10.4. The van der Waals surface area contributed by atoms with Crippen molar-refractivity contribution in [3.8, 4) is 0 Å². The van der Waals surface area contributed by atoms with Crippen molar-refractivity contribution in [1.82, 2.24) is 4.72 Å². The molecule has 1 amide bonds. The molecule has 6 heteroatoms. The fourth-order valence-corrected chi connectivity index (χ4v) is 4.42.